The Morgan fingerprint density at radius 2 is 1.87 bits per heavy atom. The average Bonchev–Trinajstić information content (AvgIpc) is 2.81. The molecule has 0 saturated heterocycles. The van der Waals surface area contributed by atoms with Gasteiger partial charge in [-0.2, -0.15) is 0 Å². The molecule has 0 radical (unpaired) electrons. The number of aromatic nitrogens is 4. The average molecular weight is 412 g/mol. The molecule has 0 saturated carbocycles. The summed E-state index contributed by atoms with van der Waals surface area (Å²) in [5.41, 5.74) is 5.34. The lowest BCUT2D eigenvalue weighted by molar-refractivity contribution is 0.0964. The SMILES string of the molecule is CNC(=O)c1ccnc2c([C@H](C)CNc3cc(-c4ccnc(C)c4)ncn3)cccc12. The molecule has 1 amide bonds. The van der Waals surface area contributed by atoms with E-state index < -0.39 is 0 Å². The van der Waals surface area contributed by atoms with Gasteiger partial charge in [0, 0.05) is 54.6 Å². The number of hydrogen-bond acceptors (Lipinski definition) is 6. The van der Waals surface area contributed by atoms with E-state index in [-0.39, 0.29) is 11.8 Å². The van der Waals surface area contributed by atoms with Crippen molar-refractivity contribution in [2.75, 3.05) is 18.9 Å². The number of nitrogens with one attached hydrogen (secondary N) is 2. The number of carbonyl (C=O) groups is 1. The van der Waals surface area contributed by atoms with Crippen molar-refractivity contribution < 1.29 is 4.79 Å². The van der Waals surface area contributed by atoms with Crippen molar-refractivity contribution in [3.05, 3.63) is 78.0 Å². The van der Waals surface area contributed by atoms with Gasteiger partial charge in [0.1, 0.15) is 12.1 Å². The second-order valence-electron chi connectivity index (χ2n) is 7.44. The molecule has 31 heavy (non-hydrogen) atoms. The molecule has 0 aliphatic heterocycles. The number of nitrogens with zero attached hydrogens (tertiary/aromatic N) is 4. The Morgan fingerprint density at radius 1 is 1.03 bits per heavy atom. The number of pyridine rings is 2. The molecule has 3 aromatic heterocycles. The van der Waals surface area contributed by atoms with Crippen LogP contribution < -0.4 is 10.6 Å². The van der Waals surface area contributed by atoms with Gasteiger partial charge in [0.05, 0.1) is 16.8 Å². The van der Waals surface area contributed by atoms with Gasteiger partial charge < -0.3 is 10.6 Å². The molecule has 0 spiro atoms. The zero-order chi connectivity index (χ0) is 21.8. The number of rotatable bonds is 6. The summed E-state index contributed by atoms with van der Waals surface area (Å²) in [4.78, 5) is 29.8. The lowest BCUT2D eigenvalue weighted by atomic mass is 9.96. The zero-order valence-electron chi connectivity index (χ0n) is 17.8. The van der Waals surface area contributed by atoms with E-state index in [2.05, 4.69) is 43.6 Å². The highest BCUT2D eigenvalue weighted by atomic mass is 16.1. The zero-order valence-corrected chi connectivity index (χ0v) is 17.8. The number of amides is 1. The Labute approximate surface area is 181 Å². The predicted octanol–water partition coefficient (Wildman–Crippen LogP) is 3.97. The summed E-state index contributed by atoms with van der Waals surface area (Å²) in [6.07, 6.45) is 5.03. The van der Waals surface area contributed by atoms with Gasteiger partial charge in [-0.1, -0.05) is 25.1 Å². The number of anilines is 1. The molecule has 7 nitrogen and oxygen atoms in total. The Kier molecular flexibility index (Phi) is 5.84. The van der Waals surface area contributed by atoms with Crippen LogP contribution in [0.25, 0.3) is 22.2 Å². The van der Waals surface area contributed by atoms with E-state index >= 15 is 0 Å². The second kappa shape index (κ2) is 8.87. The van der Waals surface area contributed by atoms with Crippen LogP contribution in [0, 0.1) is 6.92 Å². The standard InChI is InChI=1S/C24H24N6O/c1-15(18-5-4-6-19-20(24(31)25-3)8-10-27-23(18)19)13-28-22-12-21(29-14-30-22)17-7-9-26-16(2)11-17/h4-12,14-15H,13H2,1-3H3,(H,25,31)(H,28,29,30)/t15-/m1/s1. The van der Waals surface area contributed by atoms with Crippen molar-refractivity contribution in [1.29, 1.82) is 0 Å². The lowest BCUT2D eigenvalue weighted by Crippen LogP contribution is -2.18. The van der Waals surface area contributed by atoms with Crippen LogP contribution in [0.2, 0.25) is 0 Å². The maximum Gasteiger partial charge on any atom is 0.251 e. The van der Waals surface area contributed by atoms with Crippen LogP contribution in [0.1, 0.15) is 34.5 Å². The fourth-order valence-corrected chi connectivity index (χ4v) is 3.61. The molecule has 7 heteroatoms. The Hall–Kier alpha value is -3.87. The van der Waals surface area contributed by atoms with Crippen molar-refractivity contribution in [3.63, 3.8) is 0 Å². The molecule has 4 aromatic rings. The fraction of sp³-hybridized carbons (Fsp3) is 0.208. The molecular formula is C24H24N6O. The minimum Gasteiger partial charge on any atom is -0.369 e. The van der Waals surface area contributed by atoms with Gasteiger partial charge in [-0.3, -0.25) is 14.8 Å². The van der Waals surface area contributed by atoms with E-state index in [4.69, 9.17) is 0 Å². The number of para-hydroxylation sites is 1. The van der Waals surface area contributed by atoms with E-state index in [0.717, 1.165) is 39.2 Å². The Bertz CT molecular complexity index is 1240. The van der Waals surface area contributed by atoms with Crippen molar-refractivity contribution in [1.82, 2.24) is 25.3 Å². The fourth-order valence-electron chi connectivity index (χ4n) is 3.61. The first kappa shape index (κ1) is 20.4. The van der Waals surface area contributed by atoms with Gasteiger partial charge in [-0.15, -0.1) is 0 Å². The van der Waals surface area contributed by atoms with E-state index in [0.29, 0.717) is 12.1 Å². The van der Waals surface area contributed by atoms with Crippen molar-refractivity contribution in [2.45, 2.75) is 19.8 Å². The molecule has 2 N–H and O–H groups in total. The number of aryl methyl sites for hydroxylation is 1. The van der Waals surface area contributed by atoms with E-state index in [1.54, 1.807) is 31.8 Å². The van der Waals surface area contributed by atoms with Crippen molar-refractivity contribution >= 4 is 22.6 Å². The smallest absolute Gasteiger partial charge is 0.251 e. The van der Waals surface area contributed by atoms with Gasteiger partial charge in [-0.05, 0) is 30.7 Å². The van der Waals surface area contributed by atoms with E-state index in [1.165, 1.54) is 0 Å². The molecule has 3 heterocycles. The van der Waals surface area contributed by atoms with Crippen LogP contribution in [0.3, 0.4) is 0 Å². The third-order valence-corrected chi connectivity index (χ3v) is 5.25. The quantitative estimate of drug-likeness (QED) is 0.498. The Morgan fingerprint density at radius 3 is 2.68 bits per heavy atom. The maximum atomic E-state index is 12.2. The Balaban J connectivity index is 1.56. The third kappa shape index (κ3) is 4.35. The second-order valence-corrected chi connectivity index (χ2v) is 7.44. The molecule has 1 aromatic carbocycles. The van der Waals surface area contributed by atoms with Crippen LogP contribution in [-0.4, -0.2) is 39.4 Å². The first-order chi connectivity index (χ1) is 15.1. The number of carbonyl (C=O) groups excluding carboxylic acids is 1. The van der Waals surface area contributed by atoms with Gasteiger partial charge in [0.2, 0.25) is 0 Å². The van der Waals surface area contributed by atoms with Gasteiger partial charge in [-0.25, -0.2) is 9.97 Å². The summed E-state index contributed by atoms with van der Waals surface area (Å²) >= 11 is 0. The summed E-state index contributed by atoms with van der Waals surface area (Å²) in [6, 6.07) is 13.6. The van der Waals surface area contributed by atoms with Crippen LogP contribution >= 0.6 is 0 Å². The molecule has 0 aliphatic carbocycles. The minimum atomic E-state index is -0.116. The number of hydrogen-bond donors (Lipinski definition) is 2. The summed E-state index contributed by atoms with van der Waals surface area (Å²) in [6.45, 7) is 4.75. The first-order valence-corrected chi connectivity index (χ1v) is 10.2. The molecule has 0 unspecified atom stereocenters. The summed E-state index contributed by atoms with van der Waals surface area (Å²) in [5, 5.41) is 6.95. The molecule has 0 aliphatic rings. The molecule has 0 bridgehead atoms. The molecule has 4 rings (SSSR count). The monoisotopic (exact) mass is 412 g/mol. The number of benzene rings is 1. The highest BCUT2D eigenvalue weighted by Crippen LogP contribution is 2.27. The minimum absolute atomic E-state index is 0.116. The lowest BCUT2D eigenvalue weighted by Gasteiger charge is -2.16. The molecule has 0 fully saturated rings. The van der Waals surface area contributed by atoms with E-state index in [1.807, 2.05) is 37.3 Å². The molecule has 156 valence electrons. The van der Waals surface area contributed by atoms with Gasteiger partial charge in [0.15, 0.2) is 0 Å². The van der Waals surface area contributed by atoms with Crippen LogP contribution in [-0.2, 0) is 0 Å². The molecular weight excluding hydrogens is 388 g/mol. The summed E-state index contributed by atoms with van der Waals surface area (Å²) in [5.74, 6) is 0.790. The van der Waals surface area contributed by atoms with Crippen LogP contribution in [0.4, 0.5) is 5.82 Å². The van der Waals surface area contributed by atoms with Crippen molar-refractivity contribution in [3.8, 4) is 11.3 Å². The van der Waals surface area contributed by atoms with E-state index in [9.17, 15) is 4.79 Å². The van der Waals surface area contributed by atoms with Gasteiger partial charge >= 0.3 is 0 Å². The summed E-state index contributed by atoms with van der Waals surface area (Å²) < 4.78 is 0. The summed E-state index contributed by atoms with van der Waals surface area (Å²) in [7, 11) is 1.63. The normalized spacial score (nSPS) is 11.8. The number of fused-ring (bicyclic) bond motifs is 1. The largest absolute Gasteiger partial charge is 0.369 e. The maximum absolute atomic E-state index is 12.2. The first-order valence-electron chi connectivity index (χ1n) is 10.2. The van der Waals surface area contributed by atoms with Crippen molar-refractivity contribution in [2.24, 2.45) is 0 Å². The van der Waals surface area contributed by atoms with Gasteiger partial charge in [0.25, 0.3) is 5.91 Å². The molecule has 1 atom stereocenters. The highest BCUT2D eigenvalue weighted by Gasteiger charge is 2.15. The topological polar surface area (TPSA) is 92.7 Å². The van der Waals surface area contributed by atoms with Crippen LogP contribution in [0.5, 0.6) is 0 Å². The predicted molar refractivity (Wildman–Crippen MR) is 122 cm³/mol. The highest BCUT2D eigenvalue weighted by molar-refractivity contribution is 6.06. The third-order valence-electron chi connectivity index (χ3n) is 5.25. The van der Waals surface area contributed by atoms with Crippen LogP contribution in [0.15, 0.2) is 61.2 Å².